The molecule has 0 amide bonds. The number of aromatic nitrogens is 3. The van der Waals surface area contributed by atoms with E-state index < -0.39 is 0 Å². The molecule has 0 bridgehead atoms. The highest BCUT2D eigenvalue weighted by Crippen LogP contribution is 2.19. The van der Waals surface area contributed by atoms with Crippen molar-refractivity contribution < 1.29 is 4.39 Å². The summed E-state index contributed by atoms with van der Waals surface area (Å²) in [5.41, 5.74) is 1.99. The summed E-state index contributed by atoms with van der Waals surface area (Å²) in [6, 6.07) is 8.34. The summed E-state index contributed by atoms with van der Waals surface area (Å²) in [6.45, 7) is 0. The van der Waals surface area contributed by atoms with E-state index in [1.807, 2.05) is 10.5 Å². The van der Waals surface area contributed by atoms with Crippen molar-refractivity contribution in [2.75, 3.05) is 0 Å². The van der Waals surface area contributed by atoms with E-state index in [0.717, 1.165) is 21.5 Å². The Hall–Kier alpha value is -1.75. The van der Waals surface area contributed by atoms with E-state index in [0.29, 0.717) is 6.42 Å². The predicted octanol–water partition coefficient (Wildman–Crippen LogP) is 3.22. The highest BCUT2D eigenvalue weighted by molar-refractivity contribution is 9.10. The number of halogens is 2. The van der Waals surface area contributed by atoms with E-state index in [2.05, 4.69) is 25.9 Å². The van der Waals surface area contributed by atoms with Gasteiger partial charge in [0.2, 0.25) is 0 Å². The van der Waals surface area contributed by atoms with Crippen LogP contribution in [0.1, 0.15) is 11.4 Å². The Labute approximate surface area is 111 Å². The van der Waals surface area contributed by atoms with Crippen molar-refractivity contribution in [3.05, 3.63) is 64.7 Å². The molecule has 18 heavy (non-hydrogen) atoms. The van der Waals surface area contributed by atoms with Gasteiger partial charge >= 0.3 is 0 Å². The fourth-order valence-electron chi connectivity index (χ4n) is 1.87. The van der Waals surface area contributed by atoms with Gasteiger partial charge in [-0.05, 0) is 39.7 Å². The van der Waals surface area contributed by atoms with Crippen LogP contribution >= 0.6 is 15.9 Å². The monoisotopic (exact) mass is 305 g/mol. The number of fused-ring (bicyclic) bond motifs is 1. The predicted molar refractivity (Wildman–Crippen MR) is 69.9 cm³/mol. The second kappa shape index (κ2) is 4.49. The lowest BCUT2D eigenvalue weighted by Crippen LogP contribution is -1.96. The first-order chi connectivity index (χ1) is 8.74. The smallest absolute Gasteiger partial charge is 0.132 e. The van der Waals surface area contributed by atoms with Gasteiger partial charge in [0, 0.05) is 12.6 Å². The van der Waals surface area contributed by atoms with Crippen LogP contribution in [0, 0.1) is 5.82 Å². The molecular formula is C13H9BrFN3. The first-order valence-corrected chi connectivity index (χ1v) is 6.24. The molecular weight excluding hydrogens is 297 g/mol. The molecule has 90 valence electrons. The summed E-state index contributed by atoms with van der Waals surface area (Å²) in [5, 5.41) is 0. The second-order valence-corrected chi connectivity index (χ2v) is 4.71. The number of hydrogen-bond donors (Lipinski definition) is 0. The molecule has 0 radical (unpaired) electrons. The third-order valence-corrected chi connectivity index (χ3v) is 3.34. The van der Waals surface area contributed by atoms with Gasteiger partial charge < -0.3 is 0 Å². The molecule has 2 aromatic heterocycles. The zero-order valence-electron chi connectivity index (χ0n) is 9.35. The summed E-state index contributed by atoms with van der Waals surface area (Å²) < 4.78 is 15.6. The summed E-state index contributed by atoms with van der Waals surface area (Å²) in [4.78, 5) is 8.54. The van der Waals surface area contributed by atoms with Gasteiger partial charge in [-0.25, -0.2) is 14.4 Å². The molecule has 1 aromatic carbocycles. The minimum Gasteiger partial charge on any atom is -0.286 e. The van der Waals surface area contributed by atoms with Gasteiger partial charge in [0.15, 0.2) is 0 Å². The fourth-order valence-corrected chi connectivity index (χ4v) is 2.40. The van der Waals surface area contributed by atoms with Gasteiger partial charge in [-0.1, -0.05) is 12.1 Å². The largest absolute Gasteiger partial charge is 0.286 e. The molecule has 0 saturated heterocycles. The van der Waals surface area contributed by atoms with Crippen molar-refractivity contribution in [1.82, 2.24) is 14.4 Å². The standard InChI is InChI=1S/C13H9BrFN3/c14-13-11-5-6-16-8-18(11)12(17-13)7-9-1-3-10(15)4-2-9/h1-6,8H,7H2. The van der Waals surface area contributed by atoms with Crippen LogP contribution in [-0.2, 0) is 6.42 Å². The minimum atomic E-state index is -0.227. The van der Waals surface area contributed by atoms with E-state index in [1.54, 1.807) is 24.7 Å². The molecule has 0 aliphatic rings. The summed E-state index contributed by atoms with van der Waals surface area (Å²) in [6.07, 6.45) is 4.09. The fraction of sp³-hybridized carbons (Fsp3) is 0.0769. The molecule has 3 aromatic rings. The highest BCUT2D eigenvalue weighted by atomic mass is 79.9. The van der Waals surface area contributed by atoms with Gasteiger partial charge in [0.05, 0.1) is 5.52 Å². The molecule has 5 heteroatoms. The first kappa shape index (κ1) is 11.3. The van der Waals surface area contributed by atoms with Gasteiger partial charge in [-0.2, -0.15) is 0 Å². The topological polar surface area (TPSA) is 30.2 Å². The van der Waals surface area contributed by atoms with Crippen molar-refractivity contribution in [3.8, 4) is 0 Å². The number of rotatable bonds is 2. The Morgan fingerprint density at radius 2 is 1.94 bits per heavy atom. The molecule has 0 atom stereocenters. The first-order valence-electron chi connectivity index (χ1n) is 5.45. The van der Waals surface area contributed by atoms with Crippen LogP contribution in [0.15, 0.2) is 47.5 Å². The molecule has 0 saturated carbocycles. The molecule has 0 spiro atoms. The van der Waals surface area contributed by atoms with Gasteiger partial charge in [0.1, 0.15) is 22.6 Å². The lowest BCUT2D eigenvalue weighted by molar-refractivity contribution is 0.627. The van der Waals surface area contributed by atoms with Gasteiger partial charge in [-0.15, -0.1) is 0 Å². The van der Waals surface area contributed by atoms with Crippen molar-refractivity contribution >= 4 is 21.4 Å². The molecule has 2 heterocycles. The van der Waals surface area contributed by atoms with E-state index in [4.69, 9.17) is 0 Å². The third-order valence-electron chi connectivity index (χ3n) is 2.75. The Balaban J connectivity index is 2.02. The van der Waals surface area contributed by atoms with Crippen LogP contribution in [0.4, 0.5) is 4.39 Å². The maximum absolute atomic E-state index is 12.8. The van der Waals surface area contributed by atoms with Crippen molar-refractivity contribution in [1.29, 1.82) is 0 Å². The van der Waals surface area contributed by atoms with Crippen LogP contribution in [0.3, 0.4) is 0 Å². The Morgan fingerprint density at radius 3 is 2.72 bits per heavy atom. The van der Waals surface area contributed by atoms with Crippen LogP contribution in [0.2, 0.25) is 0 Å². The second-order valence-electron chi connectivity index (χ2n) is 3.96. The van der Waals surface area contributed by atoms with E-state index in [9.17, 15) is 4.39 Å². The minimum absolute atomic E-state index is 0.227. The molecule has 3 rings (SSSR count). The molecule has 0 aliphatic heterocycles. The zero-order chi connectivity index (χ0) is 12.5. The number of hydrogen-bond acceptors (Lipinski definition) is 2. The third kappa shape index (κ3) is 2.01. The van der Waals surface area contributed by atoms with E-state index >= 15 is 0 Å². The van der Waals surface area contributed by atoms with Crippen molar-refractivity contribution in [2.45, 2.75) is 6.42 Å². The Bertz CT molecular complexity index is 691. The normalized spacial score (nSPS) is 11.0. The van der Waals surface area contributed by atoms with Crippen LogP contribution in [0.25, 0.3) is 5.52 Å². The van der Waals surface area contributed by atoms with E-state index in [-0.39, 0.29) is 5.82 Å². The van der Waals surface area contributed by atoms with Crippen LogP contribution < -0.4 is 0 Å². The van der Waals surface area contributed by atoms with Crippen molar-refractivity contribution in [3.63, 3.8) is 0 Å². The molecule has 0 N–H and O–H groups in total. The number of benzene rings is 1. The summed E-state index contributed by atoms with van der Waals surface area (Å²) in [5.74, 6) is 0.645. The lowest BCUT2D eigenvalue weighted by atomic mass is 10.1. The summed E-state index contributed by atoms with van der Waals surface area (Å²) >= 11 is 3.42. The summed E-state index contributed by atoms with van der Waals surface area (Å²) in [7, 11) is 0. The van der Waals surface area contributed by atoms with Gasteiger partial charge in [-0.3, -0.25) is 4.40 Å². The van der Waals surface area contributed by atoms with Crippen LogP contribution in [0.5, 0.6) is 0 Å². The SMILES string of the molecule is Fc1ccc(Cc2nc(Br)c3ccncn23)cc1. The molecule has 0 unspecified atom stereocenters. The average molecular weight is 306 g/mol. The maximum atomic E-state index is 12.8. The number of imidazole rings is 1. The van der Waals surface area contributed by atoms with Crippen molar-refractivity contribution in [2.24, 2.45) is 0 Å². The van der Waals surface area contributed by atoms with Gasteiger partial charge in [0.25, 0.3) is 0 Å². The maximum Gasteiger partial charge on any atom is 0.132 e. The number of nitrogens with zero attached hydrogens (tertiary/aromatic N) is 3. The molecule has 3 nitrogen and oxygen atoms in total. The molecule has 0 fully saturated rings. The lowest BCUT2D eigenvalue weighted by Gasteiger charge is -2.01. The van der Waals surface area contributed by atoms with Crippen LogP contribution in [-0.4, -0.2) is 14.4 Å². The highest BCUT2D eigenvalue weighted by Gasteiger charge is 2.09. The zero-order valence-corrected chi connectivity index (χ0v) is 10.9. The Kier molecular flexibility index (Phi) is 2.83. The Morgan fingerprint density at radius 1 is 1.17 bits per heavy atom. The average Bonchev–Trinajstić information content (AvgIpc) is 2.70. The molecule has 0 aliphatic carbocycles. The quantitative estimate of drug-likeness (QED) is 0.727. The van der Waals surface area contributed by atoms with E-state index in [1.165, 1.54) is 12.1 Å².